The van der Waals surface area contributed by atoms with E-state index in [-0.39, 0.29) is 5.11 Å². The van der Waals surface area contributed by atoms with Gasteiger partial charge in [0.05, 0.1) is 5.69 Å². The van der Waals surface area contributed by atoms with Gasteiger partial charge in [-0.3, -0.25) is 10.9 Å². The lowest BCUT2D eigenvalue weighted by Gasteiger charge is -2.07. The predicted octanol–water partition coefficient (Wildman–Crippen LogP) is 3.07. The van der Waals surface area contributed by atoms with Gasteiger partial charge in [-0.25, -0.2) is 5.53 Å². The van der Waals surface area contributed by atoms with Crippen molar-refractivity contribution >= 4 is 33.8 Å². The first-order valence-electron chi connectivity index (χ1n) is 4.72. The Balaban J connectivity index is 2.19. The van der Waals surface area contributed by atoms with Crippen LogP contribution in [0.2, 0.25) is 0 Å². The summed E-state index contributed by atoms with van der Waals surface area (Å²) < 4.78 is 0. The van der Waals surface area contributed by atoms with Gasteiger partial charge < -0.3 is 0 Å². The molecule has 0 aliphatic rings. The minimum absolute atomic E-state index is 0.105. The third-order valence-corrected chi connectivity index (χ3v) is 2.36. The largest absolute Gasteiger partial charge is 0.299 e. The summed E-state index contributed by atoms with van der Waals surface area (Å²) in [6.45, 7) is 0. The zero-order valence-electron chi connectivity index (χ0n) is 8.40. The van der Waals surface area contributed by atoms with Crippen molar-refractivity contribution in [3.05, 3.63) is 42.5 Å². The SMILES string of the molecule is N=NC(=S)NNc1ccc2ccccc2c1. The number of hydrazine groups is 1. The standard InChI is InChI=1S/C11H10N4S/c12-13-11(16)15-14-10-6-5-8-3-1-2-4-9(8)7-10/h1-7,12,14H,(H,15,16). The first-order chi connectivity index (χ1) is 7.79. The fraction of sp³-hybridized carbons (Fsp3) is 0. The Bertz CT molecular complexity index is 538. The molecule has 5 heteroatoms. The fourth-order valence-corrected chi connectivity index (χ4v) is 1.47. The molecule has 0 radical (unpaired) electrons. The van der Waals surface area contributed by atoms with Crippen molar-refractivity contribution in [2.45, 2.75) is 0 Å². The van der Waals surface area contributed by atoms with Crippen LogP contribution in [0.1, 0.15) is 0 Å². The number of hydrogen-bond acceptors (Lipinski definition) is 3. The highest BCUT2D eigenvalue weighted by molar-refractivity contribution is 7.80. The van der Waals surface area contributed by atoms with Crippen molar-refractivity contribution in [2.24, 2.45) is 5.11 Å². The van der Waals surface area contributed by atoms with Gasteiger partial charge in [-0.05, 0) is 35.1 Å². The summed E-state index contributed by atoms with van der Waals surface area (Å²) in [5.74, 6) is 0. The van der Waals surface area contributed by atoms with Crippen LogP contribution in [-0.2, 0) is 0 Å². The maximum Gasteiger partial charge on any atom is 0.231 e. The molecule has 0 amide bonds. The minimum atomic E-state index is 0.105. The summed E-state index contributed by atoms with van der Waals surface area (Å²) in [6.07, 6.45) is 0. The van der Waals surface area contributed by atoms with Gasteiger partial charge in [0.2, 0.25) is 5.11 Å². The Labute approximate surface area is 98.1 Å². The normalized spacial score (nSPS) is 9.75. The lowest BCUT2D eigenvalue weighted by atomic mass is 10.1. The second kappa shape index (κ2) is 4.67. The van der Waals surface area contributed by atoms with Gasteiger partial charge in [0, 0.05) is 0 Å². The Morgan fingerprint density at radius 2 is 1.88 bits per heavy atom. The summed E-state index contributed by atoms with van der Waals surface area (Å²) in [5, 5.41) is 5.50. The number of rotatable bonds is 2. The van der Waals surface area contributed by atoms with E-state index in [1.807, 2.05) is 36.4 Å². The van der Waals surface area contributed by atoms with E-state index in [1.54, 1.807) is 0 Å². The van der Waals surface area contributed by atoms with E-state index >= 15 is 0 Å². The Morgan fingerprint density at radius 1 is 1.12 bits per heavy atom. The van der Waals surface area contributed by atoms with Crippen molar-refractivity contribution in [2.75, 3.05) is 5.43 Å². The lowest BCUT2D eigenvalue weighted by Crippen LogP contribution is -2.25. The monoisotopic (exact) mass is 230 g/mol. The molecular formula is C11H10N4S. The summed E-state index contributed by atoms with van der Waals surface area (Å²) in [6, 6.07) is 14.0. The highest BCUT2D eigenvalue weighted by Gasteiger charge is 1.95. The Kier molecular flexibility index (Phi) is 3.07. The summed E-state index contributed by atoms with van der Waals surface area (Å²) >= 11 is 4.72. The average molecular weight is 230 g/mol. The maximum absolute atomic E-state index is 6.69. The van der Waals surface area contributed by atoms with Crippen molar-refractivity contribution in [3.63, 3.8) is 0 Å². The van der Waals surface area contributed by atoms with E-state index < -0.39 is 0 Å². The molecule has 0 aliphatic carbocycles. The molecular weight excluding hydrogens is 220 g/mol. The third-order valence-electron chi connectivity index (χ3n) is 2.16. The van der Waals surface area contributed by atoms with E-state index in [1.165, 1.54) is 5.39 Å². The van der Waals surface area contributed by atoms with Crippen LogP contribution in [0.4, 0.5) is 5.69 Å². The molecule has 0 bridgehead atoms. The van der Waals surface area contributed by atoms with Gasteiger partial charge >= 0.3 is 0 Å². The molecule has 0 spiro atoms. The summed E-state index contributed by atoms with van der Waals surface area (Å²) in [7, 11) is 0. The van der Waals surface area contributed by atoms with E-state index in [4.69, 9.17) is 17.7 Å². The molecule has 3 N–H and O–H groups in total. The number of nitrogens with zero attached hydrogens (tertiary/aromatic N) is 1. The van der Waals surface area contributed by atoms with Crippen LogP contribution in [-0.4, -0.2) is 5.11 Å². The second-order valence-corrected chi connectivity index (χ2v) is 3.62. The Hall–Kier alpha value is -2.01. The first kappa shape index (κ1) is 10.5. The van der Waals surface area contributed by atoms with Crippen molar-refractivity contribution < 1.29 is 0 Å². The molecule has 0 fully saturated rings. The fourth-order valence-electron chi connectivity index (χ4n) is 1.42. The molecule has 80 valence electrons. The van der Waals surface area contributed by atoms with Crippen LogP contribution in [0.15, 0.2) is 47.6 Å². The van der Waals surface area contributed by atoms with Crippen molar-refractivity contribution in [3.8, 4) is 0 Å². The quantitative estimate of drug-likeness (QED) is 0.422. The van der Waals surface area contributed by atoms with Gasteiger partial charge in [-0.15, -0.1) is 5.11 Å². The number of thiocarbonyl (C=S) groups is 1. The molecule has 4 nitrogen and oxygen atoms in total. The van der Waals surface area contributed by atoms with Crippen LogP contribution in [0.5, 0.6) is 0 Å². The van der Waals surface area contributed by atoms with Gasteiger partial charge in [-0.2, -0.15) is 0 Å². The topological polar surface area (TPSA) is 60.3 Å². The molecule has 0 aliphatic heterocycles. The smallest absolute Gasteiger partial charge is 0.231 e. The van der Waals surface area contributed by atoms with E-state index in [0.717, 1.165) is 11.1 Å². The third kappa shape index (κ3) is 2.32. The van der Waals surface area contributed by atoms with Gasteiger partial charge in [0.15, 0.2) is 0 Å². The van der Waals surface area contributed by atoms with Crippen LogP contribution in [0, 0.1) is 5.53 Å². The van der Waals surface area contributed by atoms with E-state index in [0.29, 0.717) is 0 Å². The molecule has 0 unspecified atom stereocenters. The van der Waals surface area contributed by atoms with Gasteiger partial charge in [0.1, 0.15) is 0 Å². The zero-order chi connectivity index (χ0) is 11.4. The number of fused-ring (bicyclic) bond motifs is 1. The lowest BCUT2D eigenvalue weighted by molar-refractivity contribution is 1.07. The molecule has 2 aromatic carbocycles. The molecule has 2 aromatic rings. The number of benzene rings is 2. The summed E-state index contributed by atoms with van der Waals surface area (Å²) in [5.41, 5.74) is 13.1. The van der Waals surface area contributed by atoms with Crippen LogP contribution in [0.3, 0.4) is 0 Å². The zero-order valence-corrected chi connectivity index (χ0v) is 9.21. The molecule has 16 heavy (non-hydrogen) atoms. The molecule has 0 atom stereocenters. The molecule has 0 saturated carbocycles. The molecule has 0 saturated heterocycles. The number of anilines is 1. The average Bonchev–Trinajstić information content (AvgIpc) is 2.35. The summed E-state index contributed by atoms with van der Waals surface area (Å²) in [4.78, 5) is 0. The predicted molar refractivity (Wildman–Crippen MR) is 68.5 cm³/mol. The highest BCUT2D eigenvalue weighted by Crippen LogP contribution is 2.18. The van der Waals surface area contributed by atoms with Gasteiger partial charge in [0.25, 0.3) is 0 Å². The second-order valence-electron chi connectivity index (χ2n) is 3.23. The number of nitrogens with one attached hydrogen (secondary N) is 3. The van der Waals surface area contributed by atoms with E-state index in [2.05, 4.69) is 22.0 Å². The molecule has 0 aromatic heterocycles. The van der Waals surface area contributed by atoms with Crippen LogP contribution < -0.4 is 10.9 Å². The minimum Gasteiger partial charge on any atom is -0.299 e. The highest BCUT2D eigenvalue weighted by atomic mass is 32.1. The Morgan fingerprint density at radius 3 is 2.62 bits per heavy atom. The maximum atomic E-state index is 6.69. The van der Waals surface area contributed by atoms with Gasteiger partial charge in [-0.1, -0.05) is 30.3 Å². The van der Waals surface area contributed by atoms with Crippen LogP contribution in [0.25, 0.3) is 10.8 Å². The molecule has 2 rings (SSSR count). The van der Waals surface area contributed by atoms with Crippen LogP contribution >= 0.6 is 12.2 Å². The first-order valence-corrected chi connectivity index (χ1v) is 5.12. The number of hydrogen-bond donors (Lipinski definition) is 3. The molecule has 0 heterocycles. The van der Waals surface area contributed by atoms with E-state index in [9.17, 15) is 0 Å². The van der Waals surface area contributed by atoms with Crippen molar-refractivity contribution in [1.29, 1.82) is 5.53 Å². The van der Waals surface area contributed by atoms with Crippen molar-refractivity contribution in [1.82, 2.24) is 5.43 Å².